The Balaban J connectivity index is 1.88. The van der Waals surface area contributed by atoms with Crippen LogP contribution in [0, 0.1) is 0 Å². The largest absolute Gasteiger partial charge is 0.480 e. The number of furan rings is 1. The lowest BCUT2D eigenvalue weighted by atomic mass is 10.2. The number of aliphatic carboxylic acids is 1. The molecule has 0 radical (unpaired) electrons. The van der Waals surface area contributed by atoms with E-state index in [0.29, 0.717) is 32.2 Å². The van der Waals surface area contributed by atoms with Crippen LogP contribution in [-0.2, 0) is 9.59 Å². The Bertz CT molecular complexity index is 970. The number of carboxylic acid groups (broad SMARTS) is 1. The van der Waals surface area contributed by atoms with Crippen molar-refractivity contribution < 1.29 is 19.1 Å². The highest BCUT2D eigenvalue weighted by Gasteiger charge is 2.33. The molecule has 0 unspecified atom stereocenters. The van der Waals surface area contributed by atoms with E-state index in [2.05, 4.69) is 0 Å². The Morgan fingerprint density at radius 2 is 1.92 bits per heavy atom. The van der Waals surface area contributed by atoms with Crippen molar-refractivity contribution in [3.8, 4) is 11.3 Å². The molecule has 26 heavy (non-hydrogen) atoms. The van der Waals surface area contributed by atoms with Gasteiger partial charge in [0.05, 0.1) is 20.0 Å². The first kappa shape index (κ1) is 19.3. The second-order valence-electron chi connectivity index (χ2n) is 5.11. The number of benzene rings is 1. The highest BCUT2D eigenvalue weighted by Crippen LogP contribution is 2.37. The van der Waals surface area contributed by atoms with Gasteiger partial charge in [-0.05, 0) is 24.3 Å². The molecule has 1 amide bonds. The van der Waals surface area contributed by atoms with Crippen LogP contribution in [0.1, 0.15) is 5.76 Å². The Labute approximate surface area is 172 Å². The van der Waals surface area contributed by atoms with Gasteiger partial charge in [-0.15, -0.1) is 0 Å². The number of halogens is 3. The van der Waals surface area contributed by atoms with E-state index in [1.165, 1.54) is 12.1 Å². The fourth-order valence-electron chi connectivity index (χ4n) is 2.19. The second-order valence-corrected chi connectivity index (χ2v) is 8.01. The summed E-state index contributed by atoms with van der Waals surface area (Å²) in [5.74, 6) is -0.788. The van der Waals surface area contributed by atoms with Crippen molar-refractivity contribution in [1.29, 1.82) is 0 Å². The lowest BCUT2D eigenvalue weighted by molar-refractivity contribution is -0.140. The van der Waals surface area contributed by atoms with Gasteiger partial charge in [0.2, 0.25) is 0 Å². The average Bonchev–Trinajstić information content (AvgIpc) is 3.11. The van der Waals surface area contributed by atoms with Crippen molar-refractivity contribution in [3.63, 3.8) is 0 Å². The highest BCUT2D eigenvalue weighted by molar-refractivity contribution is 8.26. The topological polar surface area (TPSA) is 70.8 Å². The molecule has 1 N–H and O–H groups in total. The Morgan fingerprint density at radius 3 is 2.62 bits per heavy atom. The quantitative estimate of drug-likeness (QED) is 0.394. The van der Waals surface area contributed by atoms with Crippen molar-refractivity contribution >= 4 is 81.1 Å². The molecular weight excluding hydrogens is 441 g/mol. The molecule has 2 heterocycles. The number of carboxylic acids is 1. The summed E-state index contributed by atoms with van der Waals surface area (Å²) in [6.45, 7) is -0.482. The molecule has 2 aromatic rings. The van der Waals surface area contributed by atoms with E-state index in [1.807, 2.05) is 0 Å². The van der Waals surface area contributed by atoms with Gasteiger partial charge in [0, 0.05) is 11.6 Å². The number of hydrogen-bond donors (Lipinski definition) is 1. The zero-order chi connectivity index (χ0) is 19.0. The zero-order valence-corrected chi connectivity index (χ0v) is 16.6. The summed E-state index contributed by atoms with van der Waals surface area (Å²) in [4.78, 5) is 24.4. The predicted molar refractivity (Wildman–Crippen MR) is 107 cm³/mol. The molecule has 0 spiro atoms. The number of nitrogens with zero attached hydrogens (tertiary/aromatic N) is 1. The third-order valence-electron chi connectivity index (χ3n) is 3.34. The van der Waals surface area contributed by atoms with Crippen molar-refractivity contribution in [3.05, 3.63) is 50.0 Å². The Hall–Kier alpha value is -1.51. The van der Waals surface area contributed by atoms with Crippen molar-refractivity contribution in [2.24, 2.45) is 0 Å². The van der Waals surface area contributed by atoms with Gasteiger partial charge in [0.1, 0.15) is 22.4 Å². The molecule has 1 aliphatic heterocycles. The number of carbonyl (C=O) groups excluding carboxylic acids is 1. The van der Waals surface area contributed by atoms with E-state index in [9.17, 15) is 9.59 Å². The monoisotopic (exact) mass is 447 g/mol. The first-order valence-electron chi connectivity index (χ1n) is 6.98. The molecule has 0 saturated carbocycles. The summed E-state index contributed by atoms with van der Waals surface area (Å²) >= 11 is 24.2. The number of rotatable bonds is 4. The van der Waals surface area contributed by atoms with Gasteiger partial charge in [-0.25, -0.2) is 0 Å². The van der Waals surface area contributed by atoms with Crippen LogP contribution in [0.25, 0.3) is 17.4 Å². The molecule has 0 aliphatic carbocycles. The minimum absolute atomic E-state index is 0.183. The fourth-order valence-corrected chi connectivity index (χ4v) is 4.06. The van der Waals surface area contributed by atoms with E-state index in [4.69, 9.17) is 56.5 Å². The second kappa shape index (κ2) is 7.62. The van der Waals surface area contributed by atoms with Crippen LogP contribution in [0.3, 0.4) is 0 Å². The lowest BCUT2D eigenvalue weighted by Crippen LogP contribution is -2.33. The number of amides is 1. The van der Waals surface area contributed by atoms with Crippen LogP contribution >= 0.6 is 58.8 Å². The van der Waals surface area contributed by atoms with Gasteiger partial charge in [-0.2, -0.15) is 0 Å². The van der Waals surface area contributed by atoms with Gasteiger partial charge < -0.3 is 9.52 Å². The molecule has 0 bridgehead atoms. The third-order valence-corrected chi connectivity index (χ3v) is 5.76. The Morgan fingerprint density at radius 1 is 1.23 bits per heavy atom. The summed E-state index contributed by atoms with van der Waals surface area (Å²) in [6.07, 6.45) is 1.50. The molecule has 5 nitrogen and oxygen atoms in total. The average molecular weight is 449 g/mol. The maximum absolute atomic E-state index is 12.3. The predicted octanol–water partition coefficient (Wildman–Crippen LogP) is 5.19. The van der Waals surface area contributed by atoms with E-state index in [1.54, 1.807) is 18.2 Å². The van der Waals surface area contributed by atoms with E-state index in [-0.39, 0.29) is 9.23 Å². The molecule has 1 aliphatic rings. The van der Waals surface area contributed by atoms with Crippen molar-refractivity contribution in [1.82, 2.24) is 4.90 Å². The third kappa shape index (κ3) is 3.92. The molecule has 1 fully saturated rings. The summed E-state index contributed by atoms with van der Waals surface area (Å²) in [5, 5.41) is 9.88. The summed E-state index contributed by atoms with van der Waals surface area (Å²) in [6, 6.07) is 6.42. The van der Waals surface area contributed by atoms with Gasteiger partial charge in [-0.1, -0.05) is 58.8 Å². The molecule has 1 aromatic carbocycles. The smallest absolute Gasteiger partial charge is 0.323 e. The molecule has 10 heteroatoms. The van der Waals surface area contributed by atoms with E-state index >= 15 is 0 Å². The maximum Gasteiger partial charge on any atom is 0.323 e. The lowest BCUT2D eigenvalue weighted by Gasteiger charge is -2.09. The molecule has 1 aromatic heterocycles. The first-order valence-corrected chi connectivity index (χ1v) is 9.34. The molecule has 134 valence electrons. The maximum atomic E-state index is 12.3. The van der Waals surface area contributed by atoms with Crippen molar-refractivity contribution in [2.45, 2.75) is 0 Å². The molecule has 1 saturated heterocycles. The van der Waals surface area contributed by atoms with E-state index < -0.39 is 18.4 Å². The minimum atomic E-state index is -1.14. The van der Waals surface area contributed by atoms with Crippen LogP contribution in [0.2, 0.25) is 15.1 Å². The van der Waals surface area contributed by atoms with Gasteiger partial charge in [0.15, 0.2) is 0 Å². The van der Waals surface area contributed by atoms with Crippen LogP contribution < -0.4 is 0 Å². The fraction of sp³-hybridized carbons (Fsp3) is 0.0625. The summed E-state index contributed by atoms with van der Waals surface area (Å²) < 4.78 is 5.88. The van der Waals surface area contributed by atoms with E-state index in [0.717, 1.165) is 16.7 Å². The zero-order valence-electron chi connectivity index (χ0n) is 12.7. The first-order chi connectivity index (χ1) is 12.3. The summed E-state index contributed by atoms with van der Waals surface area (Å²) in [5.41, 5.74) is 0.555. The highest BCUT2D eigenvalue weighted by atomic mass is 35.5. The summed E-state index contributed by atoms with van der Waals surface area (Å²) in [7, 11) is 0. The molecule has 0 atom stereocenters. The SMILES string of the molecule is O=C(O)CN1C(=O)/C(=C\c2ccc(-c3cc(Cl)c(Cl)cc3Cl)o2)SC1=S. The minimum Gasteiger partial charge on any atom is -0.480 e. The van der Waals surface area contributed by atoms with Gasteiger partial charge >= 0.3 is 5.97 Å². The normalized spacial score (nSPS) is 16.0. The van der Waals surface area contributed by atoms with Crippen molar-refractivity contribution in [2.75, 3.05) is 6.54 Å². The van der Waals surface area contributed by atoms with Crippen LogP contribution in [0.4, 0.5) is 0 Å². The molecule has 3 rings (SSSR count). The van der Waals surface area contributed by atoms with Crippen LogP contribution in [-0.4, -0.2) is 32.7 Å². The number of carbonyl (C=O) groups is 2. The Kier molecular flexibility index (Phi) is 5.64. The number of thioether (sulfide) groups is 1. The van der Waals surface area contributed by atoms with Gasteiger partial charge in [0.25, 0.3) is 5.91 Å². The molecular formula is C16H8Cl3NO4S2. The standard InChI is InChI=1S/C16H8Cl3NO4S2/c17-9-5-11(19)10(18)4-8(9)12-2-1-7(24-12)3-13-15(23)20(6-14(21)22)16(25)26-13/h1-5H,6H2,(H,21,22)/b13-3+. The number of hydrogen-bond acceptors (Lipinski definition) is 5. The van der Waals surface area contributed by atoms with Crippen LogP contribution in [0.5, 0.6) is 0 Å². The van der Waals surface area contributed by atoms with Gasteiger partial charge in [-0.3, -0.25) is 14.5 Å². The van der Waals surface area contributed by atoms with Crippen LogP contribution in [0.15, 0.2) is 33.6 Å². The number of thiocarbonyl (C=S) groups is 1.